The van der Waals surface area contributed by atoms with Gasteiger partial charge >= 0.3 is 5.97 Å². The lowest BCUT2D eigenvalue weighted by Gasteiger charge is -2.06. The number of halogens is 1. The minimum atomic E-state index is -1.62. The van der Waals surface area contributed by atoms with Crippen LogP contribution in [0.15, 0.2) is 24.3 Å². The number of ketones is 1. The standard InChI is InChI=1S/C11H8FNO3/c1-16-11(15)8(6-13)10(14)7-4-2-3-5-9(7)12/h2-5,8H,1H3. The Morgan fingerprint density at radius 3 is 2.56 bits per heavy atom. The number of carbonyl (C=O) groups excluding carboxylic acids is 2. The Morgan fingerprint density at radius 2 is 2.06 bits per heavy atom. The summed E-state index contributed by atoms with van der Waals surface area (Å²) in [6.07, 6.45) is 0. The maximum absolute atomic E-state index is 13.2. The Kier molecular flexibility index (Phi) is 3.72. The van der Waals surface area contributed by atoms with Crippen molar-refractivity contribution < 1.29 is 18.7 Å². The molecule has 0 fully saturated rings. The molecule has 0 saturated heterocycles. The van der Waals surface area contributed by atoms with Gasteiger partial charge in [0.05, 0.1) is 18.7 Å². The summed E-state index contributed by atoms with van der Waals surface area (Å²) in [5.74, 6) is -4.28. The van der Waals surface area contributed by atoms with E-state index in [1.165, 1.54) is 24.3 Å². The molecule has 1 aromatic carbocycles. The molecule has 5 heteroatoms. The van der Waals surface area contributed by atoms with E-state index < -0.39 is 23.5 Å². The predicted molar refractivity (Wildman–Crippen MR) is 51.8 cm³/mol. The SMILES string of the molecule is COC(=O)C(C#N)C(=O)c1ccccc1F. The first-order valence-electron chi connectivity index (χ1n) is 4.38. The van der Waals surface area contributed by atoms with E-state index in [0.717, 1.165) is 13.2 Å². The topological polar surface area (TPSA) is 67.2 Å². The molecule has 1 aromatic rings. The van der Waals surface area contributed by atoms with Gasteiger partial charge in [-0.3, -0.25) is 9.59 Å². The molecule has 4 nitrogen and oxygen atoms in total. The number of nitriles is 1. The number of hydrogen-bond acceptors (Lipinski definition) is 4. The van der Waals surface area contributed by atoms with Gasteiger partial charge in [-0.2, -0.15) is 5.26 Å². The summed E-state index contributed by atoms with van der Waals surface area (Å²) in [7, 11) is 1.06. The van der Waals surface area contributed by atoms with E-state index in [4.69, 9.17) is 5.26 Å². The van der Waals surface area contributed by atoms with E-state index in [1.807, 2.05) is 0 Å². The largest absolute Gasteiger partial charge is 0.468 e. The van der Waals surface area contributed by atoms with Gasteiger partial charge < -0.3 is 4.74 Å². The molecule has 1 unspecified atom stereocenters. The third-order valence-electron chi connectivity index (χ3n) is 1.97. The van der Waals surface area contributed by atoms with Gasteiger partial charge in [-0.05, 0) is 12.1 Å². The number of ether oxygens (including phenoxy) is 1. The van der Waals surface area contributed by atoms with Gasteiger partial charge in [0, 0.05) is 0 Å². The molecular formula is C11H8FNO3. The Morgan fingerprint density at radius 1 is 1.44 bits per heavy atom. The number of Topliss-reactive ketones (excluding diaryl/α,β-unsaturated/α-hetero) is 1. The molecular weight excluding hydrogens is 213 g/mol. The van der Waals surface area contributed by atoms with Crippen molar-refractivity contribution in [3.05, 3.63) is 35.6 Å². The van der Waals surface area contributed by atoms with Crippen LogP contribution >= 0.6 is 0 Å². The molecule has 0 N–H and O–H groups in total. The number of carbonyl (C=O) groups is 2. The van der Waals surface area contributed by atoms with Crippen molar-refractivity contribution in [1.29, 1.82) is 5.26 Å². The number of nitrogens with zero attached hydrogens (tertiary/aromatic N) is 1. The highest BCUT2D eigenvalue weighted by atomic mass is 19.1. The Hall–Kier alpha value is -2.22. The molecule has 0 saturated carbocycles. The fourth-order valence-corrected chi connectivity index (χ4v) is 1.15. The zero-order chi connectivity index (χ0) is 12.1. The summed E-state index contributed by atoms with van der Waals surface area (Å²) in [5, 5.41) is 8.66. The molecule has 0 aliphatic carbocycles. The zero-order valence-electron chi connectivity index (χ0n) is 8.44. The second-order valence-electron chi connectivity index (χ2n) is 2.93. The monoisotopic (exact) mass is 221 g/mol. The first kappa shape index (κ1) is 11.9. The predicted octanol–water partition coefficient (Wildman–Crippen LogP) is 1.32. The van der Waals surface area contributed by atoms with E-state index in [1.54, 1.807) is 0 Å². The Labute approximate surface area is 91.3 Å². The first-order chi connectivity index (χ1) is 7.61. The van der Waals surface area contributed by atoms with Crippen molar-refractivity contribution in [3.63, 3.8) is 0 Å². The van der Waals surface area contributed by atoms with Crippen LogP contribution in [0.4, 0.5) is 4.39 Å². The molecule has 0 radical (unpaired) electrons. The molecule has 0 aromatic heterocycles. The summed E-state index contributed by atoms with van der Waals surface area (Å²) in [6, 6.07) is 6.64. The van der Waals surface area contributed by atoms with Crippen LogP contribution in [0, 0.1) is 23.1 Å². The van der Waals surface area contributed by atoms with Crippen LogP contribution in [-0.2, 0) is 9.53 Å². The molecule has 1 rings (SSSR count). The van der Waals surface area contributed by atoms with Crippen LogP contribution in [0.1, 0.15) is 10.4 Å². The lowest BCUT2D eigenvalue weighted by Crippen LogP contribution is -2.24. The molecule has 16 heavy (non-hydrogen) atoms. The van der Waals surface area contributed by atoms with Crippen LogP contribution in [0.5, 0.6) is 0 Å². The smallest absolute Gasteiger partial charge is 0.331 e. The molecule has 0 heterocycles. The van der Waals surface area contributed by atoms with Gasteiger partial charge in [-0.15, -0.1) is 0 Å². The van der Waals surface area contributed by atoms with E-state index in [0.29, 0.717) is 0 Å². The lowest BCUT2D eigenvalue weighted by molar-refractivity contribution is -0.141. The van der Waals surface area contributed by atoms with Crippen LogP contribution in [-0.4, -0.2) is 18.9 Å². The highest BCUT2D eigenvalue weighted by molar-refractivity contribution is 6.10. The number of esters is 1. The fourth-order valence-electron chi connectivity index (χ4n) is 1.15. The highest BCUT2D eigenvalue weighted by Crippen LogP contribution is 2.13. The molecule has 0 aliphatic heterocycles. The minimum Gasteiger partial charge on any atom is -0.468 e. The second-order valence-corrected chi connectivity index (χ2v) is 2.93. The molecule has 0 bridgehead atoms. The normalized spacial score (nSPS) is 11.3. The van der Waals surface area contributed by atoms with E-state index >= 15 is 0 Å². The van der Waals surface area contributed by atoms with Crippen molar-refractivity contribution in [2.45, 2.75) is 0 Å². The van der Waals surface area contributed by atoms with Gasteiger partial charge in [0.1, 0.15) is 5.82 Å². The quantitative estimate of drug-likeness (QED) is 0.438. The third-order valence-corrected chi connectivity index (χ3v) is 1.97. The highest BCUT2D eigenvalue weighted by Gasteiger charge is 2.29. The summed E-state index contributed by atoms with van der Waals surface area (Å²) < 4.78 is 17.5. The van der Waals surface area contributed by atoms with E-state index in [9.17, 15) is 14.0 Å². The van der Waals surface area contributed by atoms with E-state index in [-0.39, 0.29) is 5.56 Å². The molecule has 1 atom stereocenters. The number of rotatable bonds is 3. The Bertz CT molecular complexity index is 465. The summed E-state index contributed by atoms with van der Waals surface area (Å²) >= 11 is 0. The van der Waals surface area contributed by atoms with Crippen molar-refractivity contribution >= 4 is 11.8 Å². The third kappa shape index (κ3) is 2.23. The number of hydrogen-bond donors (Lipinski definition) is 0. The van der Waals surface area contributed by atoms with Crippen LogP contribution in [0.3, 0.4) is 0 Å². The van der Waals surface area contributed by atoms with Gasteiger partial charge in [-0.1, -0.05) is 12.1 Å². The van der Waals surface area contributed by atoms with E-state index in [2.05, 4.69) is 4.74 Å². The van der Waals surface area contributed by atoms with Gasteiger partial charge in [-0.25, -0.2) is 4.39 Å². The van der Waals surface area contributed by atoms with Crippen molar-refractivity contribution in [2.75, 3.05) is 7.11 Å². The van der Waals surface area contributed by atoms with Crippen molar-refractivity contribution in [3.8, 4) is 6.07 Å². The minimum absolute atomic E-state index is 0.292. The Balaban J connectivity index is 3.07. The van der Waals surface area contributed by atoms with Gasteiger partial charge in [0.25, 0.3) is 0 Å². The van der Waals surface area contributed by atoms with Crippen LogP contribution in [0.25, 0.3) is 0 Å². The maximum atomic E-state index is 13.2. The summed E-state index contributed by atoms with van der Waals surface area (Å²) in [5.41, 5.74) is -0.292. The second kappa shape index (κ2) is 5.03. The lowest BCUT2D eigenvalue weighted by atomic mass is 9.99. The molecule has 0 spiro atoms. The van der Waals surface area contributed by atoms with Gasteiger partial charge in [0.15, 0.2) is 5.78 Å². The fraction of sp³-hybridized carbons (Fsp3) is 0.182. The average molecular weight is 221 g/mol. The van der Waals surface area contributed by atoms with Crippen molar-refractivity contribution in [1.82, 2.24) is 0 Å². The molecule has 0 aliphatic rings. The summed E-state index contributed by atoms with van der Waals surface area (Å²) in [6.45, 7) is 0. The zero-order valence-corrected chi connectivity index (χ0v) is 8.44. The van der Waals surface area contributed by atoms with Gasteiger partial charge in [0.2, 0.25) is 5.92 Å². The molecule has 82 valence electrons. The van der Waals surface area contributed by atoms with Crippen LogP contribution in [0.2, 0.25) is 0 Å². The maximum Gasteiger partial charge on any atom is 0.331 e. The van der Waals surface area contributed by atoms with Crippen molar-refractivity contribution in [2.24, 2.45) is 5.92 Å². The number of benzene rings is 1. The van der Waals surface area contributed by atoms with Crippen LogP contribution < -0.4 is 0 Å². The summed E-state index contributed by atoms with van der Waals surface area (Å²) in [4.78, 5) is 22.7. The molecule has 0 amide bonds. The number of methoxy groups -OCH3 is 1. The average Bonchev–Trinajstić information content (AvgIpc) is 2.30. The first-order valence-corrected chi connectivity index (χ1v) is 4.38.